The highest BCUT2D eigenvalue weighted by Gasteiger charge is 2.23. The van der Waals surface area contributed by atoms with E-state index in [2.05, 4.69) is 41.0 Å². The molecule has 8 heteroatoms. The molecule has 0 aromatic heterocycles. The van der Waals surface area contributed by atoms with E-state index in [1.165, 1.54) is 0 Å². The van der Waals surface area contributed by atoms with Gasteiger partial charge in [0.1, 0.15) is 5.70 Å². The monoisotopic (exact) mass is 361 g/mol. The first-order valence-corrected chi connectivity index (χ1v) is 8.62. The van der Waals surface area contributed by atoms with E-state index >= 15 is 0 Å². The van der Waals surface area contributed by atoms with E-state index in [0.717, 1.165) is 31.4 Å². The molecule has 8 nitrogen and oxygen atoms in total. The number of carbonyl (C=O) groups is 1. The van der Waals surface area contributed by atoms with Gasteiger partial charge in [-0.1, -0.05) is 31.7 Å². The van der Waals surface area contributed by atoms with Crippen LogP contribution in [-0.2, 0) is 4.79 Å². The Hall–Kier alpha value is -2.74. The molecule has 0 aromatic carbocycles. The Morgan fingerprint density at radius 2 is 1.92 bits per heavy atom. The SMILES string of the molecule is C=C(/C=C\C(=C)C(C)CCNC)N/C(N)=N/C(NC1CC1)=C(\N)C(N)=O. The molecule has 0 bridgehead atoms. The predicted octanol–water partition coefficient (Wildman–Crippen LogP) is 0.128. The summed E-state index contributed by atoms with van der Waals surface area (Å²) in [6.07, 6.45) is 6.63. The first-order valence-electron chi connectivity index (χ1n) is 8.62. The quantitative estimate of drug-likeness (QED) is 0.134. The van der Waals surface area contributed by atoms with Crippen LogP contribution in [0, 0.1) is 5.92 Å². The molecule has 1 saturated carbocycles. The van der Waals surface area contributed by atoms with Crippen LogP contribution >= 0.6 is 0 Å². The van der Waals surface area contributed by atoms with Gasteiger partial charge >= 0.3 is 0 Å². The molecule has 0 spiro atoms. The van der Waals surface area contributed by atoms with Crippen molar-refractivity contribution in [2.75, 3.05) is 13.6 Å². The van der Waals surface area contributed by atoms with Crippen molar-refractivity contribution in [1.82, 2.24) is 16.0 Å². The number of primary amides is 1. The molecule has 9 N–H and O–H groups in total. The lowest BCUT2D eigenvalue weighted by Gasteiger charge is -2.12. The Kier molecular flexibility index (Phi) is 8.44. The number of nitrogens with zero attached hydrogens (tertiary/aromatic N) is 1. The minimum absolute atomic E-state index is 0.0563. The van der Waals surface area contributed by atoms with Crippen LogP contribution in [0.3, 0.4) is 0 Å². The maximum atomic E-state index is 11.3. The first-order chi connectivity index (χ1) is 12.2. The Bertz CT molecular complexity index is 629. The summed E-state index contributed by atoms with van der Waals surface area (Å²) < 4.78 is 0. The highest BCUT2D eigenvalue weighted by molar-refractivity contribution is 5.92. The van der Waals surface area contributed by atoms with E-state index in [1.807, 2.05) is 13.1 Å². The number of hydrogen-bond donors (Lipinski definition) is 6. The largest absolute Gasteiger partial charge is 0.391 e. The molecule has 0 aliphatic heterocycles. The van der Waals surface area contributed by atoms with Crippen molar-refractivity contribution in [2.45, 2.75) is 32.2 Å². The third-order valence-corrected chi connectivity index (χ3v) is 3.92. The van der Waals surface area contributed by atoms with Gasteiger partial charge in [-0.05, 0) is 44.8 Å². The van der Waals surface area contributed by atoms with Crippen LogP contribution in [0.25, 0.3) is 0 Å². The molecule has 1 aliphatic rings. The summed E-state index contributed by atoms with van der Waals surface area (Å²) in [4.78, 5) is 15.4. The number of rotatable bonds is 11. The number of allylic oxidation sites excluding steroid dienone is 3. The molecule has 1 amide bonds. The maximum Gasteiger partial charge on any atom is 0.268 e. The highest BCUT2D eigenvalue weighted by Crippen LogP contribution is 2.21. The normalized spacial score (nSPS) is 16.8. The van der Waals surface area contributed by atoms with Gasteiger partial charge in [-0.3, -0.25) is 4.79 Å². The van der Waals surface area contributed by atoms with Gasteiger partial charge in [0, 0.05) is 11.7 Å². The van der Waals surface area contributed by atoms with Crippen molar-refractivity contribution >= 4 is 11.9 Å². The van der Waals surface area contributed by atoms with Gasteiger partial charge in [0.2, 0.25) is 0 Å². The van der Waals surface area contributed by atoms with Crippen molar-refractivity contribution in [1.29, 1.82) is 0 Å². The summed E-state index contributed by atoms with van der Waals surface area (Å²) in [6, 6.07) is 0.241. The van der Waals surface area contributed by atoms with Crippen molar-refractivity contribution in [3.8, 4) is 0 Å². The second-order valence-electron chi connectivity index (χ2n) is 6.39. The topological polar surface area (TPSA) is 144 Å². The smallest absolute Gasteiger partial charge is 0.268 e. The third kappa shape index (κ3) is 7.89. The van der Waals surface area contributed by atoms with E-state index in [1.54, 1.807) is 6.08 Å². The molecule has 0 saturated heterocycles. The molecule has 144 valence electrons. The summed E-state index contributed by atoms with van der Waals surface area (Å²) in [7, 11) is 1.92. The lowest BCUT2D eigenvalue weighted by molar-refractivity contribution is -0.114. The zero-order chi connectivity index (χ0) is 19.7. The summed E-state index contributed by atoms with van der Waals surface area (Å²) >= 11 is 0. The minimum atomic E-state index is -0.754. The number of nitrogens with two attached hydrogens (primary N) is 3. The first kappa shape index (κ1) is 21.3. The Morgan fingerprint density at radius 1 is 1.27 bits per heavy atom. The van der Waals surface area contributed by atoms with Crippen LogP contribution in [0.15, 0.2) is 53.1 Å². The fraction of sp³-hybridized carbons (Fsp3) is 0.444. The summed E-state index contributed by atoms with van der Waals surface area (Å²) in [6.45, 7) is 11.0. The molecule has 0 aromatic rings. The van der Waals surface area contributed by atoms with Crippen LogP contribution in [0.5, 0.6) is 0 Å². The Morgan fingerprint density at radius 3 is 2.46 bits per heavy atom. The number of guanidine groups is 1. The number of carbonyl (C=O) groups excluding carboxylic acids is 1. The molecular weight excluding hydrogens is 330 g/mol. The van der Waals surface area contributed by atoms with Crippen molar-refractivity contribution < 1.29 is 4.79 Å². The fourth-order valence-electron chi connectivity index (χ4n) is 1.98. The summed E-state index contributed by atoms with van der Waals surface area (Å²) in [5.41, 5.74) is 18.2. The molecule has 1 fully saturated rings. The van der Waals surface area contributed by atoms with Gasteiger partial charge < -0.3 is 33.2 Å². The molecule has 0 heterocycles. The number of nitrogens with one attached hydrogen (secondary N) is 3. The third-order valence-electron chi connectivity index (χ3n) is 3.92. The Balaban J connectivity index is 2.67. The van der Waals surface area contributed by atoms with Crippen LogP contribution in [-0.4, -0.2) is 31.5 Å². The van der Waals surface area contributed by atoms with Gasteiger partial charge in [0.15, 0.2) is 11.8 Å². The van der Waals surface area contributed by atoms with Crippen molar-refractivity contribution in [3.05, 3.63) is 48.1 Å². The van der Waals surface area contributed by atoms with Gasteiger partial charge in [-0.15, -0.1) is 0 Å². The molecular formula is C18H31N7O. The van der Waals surface area contributed by atoms with E-state index < -0.39 is 5.91 Å². The minimum Gasteiger partial charge on any atom is -0.391 e. The Labute approximate surface area is 155 Å². The van der Waals surface area contributed by atoms with E-state index in [4.69, 9.17) is 17.2 Å². The maximum absolute atomic E-state index is 11.3. The van der Waals surface area contributed by atoms with Crippen LogP contribution < -0.4 is 33.2 Å². The van der Waals surface area contributed by atoms with E-state index in [9.17, 15) is 4.79 Å². The fourth-order valence-corrected chi connectivity index (χ4v) is 1.98. The second-order valence-corrected chi connectivity index (χ2v) is 6.39. The summed E-state index contributed by atoms with van der Waals surface area (Å²) in [5, 5.41) is 9.00. The number of amides is 1. The van der Waals surface area contributed by atoms with E-state index in [-0.39, 0.29) is 23.5 Å². The molecule has 1 unspecified atom stereocenters. The predicted molar refractivity (Wildman–Crippen MR) is 106 cm³/mol. The lowest BCUT2D eigenvalue weighted by Crippen LogP contribution is -2.33. The molecule has 1 aliphatic carbocycles. The van der Waals surface area contributed by atoms with Gasteiger partial charge in [0.25, 0.3) is 5.91 Å². The number of aliphatic imine (C=N–C) groups is 1. The van der Waals surface area contributed by atoms with Gasteiger partial charge in [-0.2, -0.15) is 4.99 Å². The van der Waals surface area contributed by atoms with E-state index in [0.29, 0.717) is 11.6 Å². The van der Waals surface area contributed by atoms with Crippen molar-refractivity contribution in [3.63, 3.8) is 0 Å². The second kappa shape index (κ2) is 10.3. The van der Waals surface area contributed by atoms with Crippen LogP contribution in [0.4, 0.5) is 0 Å². The average Bonchev–Trinajstić information content (AvgIpc) is 3.39. The van der Waals surface area contributed by atoms with Gasteiger partial charge in [-0.25, -0.2) is 0 Å². The van der Waals surface area contributed by atoms with Crippen LogP contribution in [0.1, 0.15) is 26.2 Å². The number of hydrogen-bond acceptors (Lipinski definition) is 5. The zero-order valence-electron chi connectivity index (χ0n) is 15.6. The molecule has 1 rings (SSSR count). The zero-order valence-corrected chi connectivity index (χ0v) is 15.6. The molecule has 26 heavy (non-hydrogen) atoms. The lowest BCUT2D eigenvalue weighted by atomic mass is 9.98. The van der Waals surface area contributed by atoms with Crippen molar-refractivity contribution in [2.24, 2.45) is 28.1 Å². The van der Waals surface area contributed by atoms with Gasteiger partial charge in [0.05, 0.1) is 0 Å². The van der Waals surface area contributed by atoms with Crippen LogP contribution in [0.2, 0.25) is 0 Å². The molecule has 1 atom stereocenters. The molecule has 0 radical (unpaired) electrons. The average molecular weight is 361 g/mol. The standard InChI is InChI=1S/C18H31N7O/c1-11(12(2)9-10-22-4)5-6-13(3)23-18(21)25-17(15(19)16(20)26)24-14-7-8-14/h5-6,12,14,22,24H,1,3,7-10,19H2,2,4H3,(H2,20,26)(H3,21,23,25)/b6-5-,17-15-. The summed E-state index contributed by atoms with van der Waals surface area (Å²) in [5.74, 6) is -0.173. The highest BCUT2D eigenvalue weighted by atomic mass is 16.1.